The van der Waals surface area contributed by atoms with Crippen molar-refractivity contribution in [1.82, 2.24) is 0 Å². The van der Waals surface area contributed by atoms with E-state index in [1.165, 1.54) is 0 Å². The summed E-state index contributed by atoms with van der Waals surface area (Å²) in [7, 11) is 0. The molecule has 0 saturated heterocycles. The molecular weight excluding hydrogens is 269 g/mol. The number of unbranched alkanes of at least 4 members (excludes halogenated alkanes) is 1. The van der Waals surface area contributed by atoms with Crippen LogP contribution in [0.2, 0.25) is 0 Å². The topological polar surface area (TPSA) is 26.3 Å². The van der Waals surface area contributed by atoms with E-state index >= 15 is 0 Å². The van der Waals surface area contributed by atoms with Gasteiger partial charge < -0.3 is 4.74 Å². The zero-order valence-corrected chi connectivity index (χ0v) is 11.7. The van der Waals surface area contributed by atoms with Crippen molar-refractivity contribution in [3.05, 3.63) is 35.1 Å². The molecule has 20 heavy (non-hydrogen) atoms. The van der Waals surface area contributed by atoms with Gasteiger partial charge in [-0.15, -0.1) is 0 Å². The third-order valence-electron chi connectivity index (χ3n) is 3.25. The minimum atomic E-state index is -1.66. The first-order valence-electron chi connectivity index (χ1n) is 6.81. The van der Waals surface area contributed by atoms with Crippen LogP contribution in [0, 0.1) is 23.4 Å². The van der Waals surface area contributed by atoms with Crippen molar-refractivity contribution in [2.24, 2.45) is 5.92 Å². The van der Waals surface area contributed by atoms with Crippen LogP contribution in [0.15, 0.2) is 12.1 Å². The summed E-state index contributed by atoms with van der Waals surface area (Å²) in [6.07, 6.45) is 3.83. The van der Waals surface area contributed by atoms with Gasteiger partial charge in [0.2, 0.25) is 0 Å². The number of hydrogen-bond donors (Lipinski definition) is 0. The van der Waals surface area contributed by atoms with Crippen LogP contribution in [-0.4, -0.2) is 12.6 Å². The third-order valence-corrected chi connectivity index (χ3v) is 3.25. The van der Waals surface area contributed by atoms with Crippen LogP contribution in [0.3, 0.4) is 0 Å². The normalized spacial score (nSPS) is 12.2. The molecule has 0 aliphatic heterocycles. The van der Waals surface area contributed by atoms with Gasteiger partial charge in [-0.3, -0.25) is 0 Å². The quantitative estimate of drug-likeness (QED) is 0.546. The van der Waals surface area contributed by atoms with Crippen molar-refractivity contribution >= 4 is 5.97 Å². The Kier molecular flexibility index (Phi) is 6.55. The van der Waals surface area contributed by atoms with E-state index in [-0.39, 0.29) is 12.5 Å². The zero-order chi connectivity index (χ0) is 15.1. The summed E-state index contributed by atoms with van der Waals surface area (Å²) in [5.41, 5.74) is -0.575. The molecule has 2 nitrogen and oxygen atoms in total. The summed E-state index contributed by atoms with van der Waals surface area (Å²) in [5.74, 6) is -5.24. The van der Waals surface area contributed by atoms with Crippen LogP contribution in [-0.2, 0) is 4.74 Å². The minimum absolute atomic E-state index is 0.160. The molecule has 1 aromatic carbocycles. The first-order chi connectivity index (χ1) is 9.51. The Morgan fingerprint density at radius 3 is 2.50 bits per heavy atom. The van der Waals surface area contributed by atoms with E-state index < -0.39 is 29.0 Å². The monoisotopic (exact) mass is 288 g/mol. The van der Waals surface area contributed by atoms with E-state index in [4.69, 9.17) is 4.74 Å². The van der Waals surface area contributed by atoms with Gasteiger partial charge in [-0.1, -0.05) is 33.1 Å². The number of halogens is 3. The Balaban J connectivity index is 2.65. The van der Waals surface area contributed by atoms with Crippen molar-refractivity contribution in [1.29, 1.82) is 0 Å². The molecule has 5 heteroatoms. The Morgan fingerprint density at radius 1 is 1.20 bits per heavy atom. The maximum absolute atomic E-state index is 13.4. The number of esters is 1. The van der Waals surface area contributed by atoms with Crippen molar-refractivity contribution in [3.8, 4) is 0 Å². The van der Waals surface area contributed by atoms with Crippen LogP contribution in [0.4, 0.5) is 13.2 Å². The fraction of sp³-hybridized carbons (Fsp3) is 0.533. The first-order valence-corrected chi connectivity index (χ1v) is 6.81. The zero-order valence-electron chi connectivity index (χ0n) is 11.7. The molecule has 112 valence electrons. The predicted octanol–water partition coefficient (Wildman–Crippen LogP) is 4.48. The van der Waals surface area contributed by atoms with Gasteiger partial charge in [0, 0.05) is 0 Å². The Morgan fingerprint density at radius 2 is 1.90 bits per heavy atom. The molecule has 1 unspecified atom stereocenters. The molecule has 0 radical (unpaired) electrons. The lowest BCUT2D eigenvalue weighted by atomic mass is 10.0. The summed E-state index contributed by atoms with van der Waals surface area (Å²) < 4.78 is 44.2. The first kappa shape index (κ1) is 16.5. The van der Waals surface area contributed by atoms with Gasteiger partial charge in [0.15, 0.2) is 17.5 Å². The average Bonchev–Trinajstić information content (AvgIpc) is 2.45. The van der Waals surface area contributed by atoms with Gasteiger partial charge in [-0.2, -0.15) is 0 Å². The van der Waals surface area contributed by atoms with Gasteiger partial charge in [0.25, 0.3) is 0 Å². The molecule has 0 N–H and O–H groups in total. The van der Waals surface area contributed by atoms with Crippen LogP contribution in [0.25, 0.3) is 0 Å². The van der Waals surface area contributed by atoms with Gasteiger partial charge in [-0.05, 0) is 24.5 Å². The lowest BCUT2D eigenvalue weighted by molar-refractivity contribution is 0.0421. The largest absolute Gasteiger partial charge is 0.462 e. The van der Waals surface area contributed by atoms with Crippen LogP contribution >= 0.6 is 0 Å². The van der Waals surface area contributed by atoms with E-state index in [2.05, 4.69) is 6.92 Å². The van der Waals surface area contributed by atoms with E-state index in [1.807, 2.05) is 6.92 Å². The number of carbonyl (C=O) groups excluding carboxylic acids is 1. The van der Waals surface area contributed by atoms with Gasteiger partial charge in [-0.25, -0.2) is 18.0 Å². The number of carbonyl (C=O) groups is 1. The molecule has 0 saturated carbocycles. The highest BCUT2D eigenvalue weighted by Crippen LogP contribution is 2.18. The highest BCUT2D eigenvalue weighted by molar-refractivity contribution is 5.89. The average molecular weight is 288 g/mol. The van der Waals surface area contributed by atoms with E-state index in [9.17, 15) is 18.0 Å². The maximum atomic E-state index is 13.4. The Bertz CT molecular complexity index is 461. The molecule has 0 bridgehead atoms. The Hall–Kier alpha value is -1.52. The van der Waals surface area contributed by atoms with Crippen LogP contribution < -0.4 is 0 Å². The van der Waals surface area contributed by atoms with Gasteiger partial charge in [0.05, 0.1) is 12.2 Å². The molecule has 0 fully saturated rings. The van der Waals surface area contributed by atoms with E-state index in [0.29, 0.717) is 6.07 Å². The highest BCUT2D eigenvalue weighted by Gasteiger charge is 2.20. The molecule has 0 aliphatic rings. The molecule has 1 aromatic rings. The number of benzene rings is 1. The van der Waals surface area contributed by atoms with Crippen molar-refractivity contribution in [3.63, 3.8) is 0 Å². The smallest absolute Gasteiger partial charge is 0.341 e. The molecular formula is C15H19F3O2. The SMILES string of the molecule is CCCCC(CC)COC(=O)c1ccc(F)c(F)c1F. The number of hydrogen-bond acceptors (Lipinski definition) is 2. The van der Waals surface area contributed by atoms with Crippen LogP contribution in [0.5, 0.6) is 0 Å². The predicted molar refractivity (Wildman–Crippen MR) is 69.9 cm³/mol. The van der Waals surface area contributed by atoms with Gasteiger partial charge >= 0.3 is 5.97 Å². The fourth-order valence-corrected chi connectivity index (χ4v) is 1.85. The highest BCUT2D eigenvalue weighted by atomic mass is 19.2. The lowest BCUT2D eigenvalue weighted by Crippen LogP contribution is -2.15. The number of ether oxygens (including phenoxy) is 1. The Labute approximate surface area is 116 Å². The fourth-order valence-electron chi connectivity index (χ4n) is 1.85. The van der Waals surface area contributed by atoms with E-state index in [1.54, 1.807) is 0 Å². The van der Waals surface area contributed by atoms with Crippen LogP contribution in [0.1, 0.15) is 49.9 Å². The standard InChI is InChI=1S/C15H19F3O2/c1-3-5-6-10(4-2)9-20-15(19)11-7-8-12(16)14(18)13(11)17/h7-8,10H,3-6,9H2,1-2H3. The maximum Gasteiger partial charge on any atom is 0.341 e. The van der Waals surface area contributed by atoms with Gasteiger partial charge in [0.1, 0.15) is 0 Å². The third kappa shape index (κ3) is 4.25. The molecule has 1 atom stereocenters. The molecule has 0 aromatic heterocycles. The summed E-state index contributed by atoms with van der Waals surface area (Å²) in [6, 6.07) is 1.60. The second kappa shape index (κ2) is 7.92. The lowest BCUT2D eigenvalue weighted by Gasteiger charge is -2.14. The summed E-state index contributed by atoms with van der Waals surface area (Å²) >= 11 is 0. The van der Waals surface area contributed by atoms with Crippen molar-refractivity contribution < 1.29 is 22.7 Å². The minimum Gasteiger partial charge on any atom is -0.462 e. The molecule has 0 heterocycles. The van der Waals surface area contributed by atoms with E-state index in [0.717, 1.165) is 31.7 Å². The molecule has 1 rings (SSSR count). The second-order valence-electron chi connectivity index (χ2n) is 4.74. The molecule has 0 spiro atoms. The van der Waals surface area contributed by atoms with Crippen molar-refractivity contribution in [2.45, 2.75) is 39.5 Å². The number of rotatable bonds is 7. The summed E-state index contributed by atoms with van der Waals surface area (Å²) in [5, 5.41) is 0. The molecule has 0 aliphatic carbocycles. The second-order valence-corrected chi connectivity index (χ2v) is 4.74. The molecule has 0 amide bonds. The summed E-state index contributed by atoms with van der Waals surface area (Å²) in [6.45, 7) is 4.20. The van der Waals surface area contributed by atoms with Crippen molar-refractivity contribution in [2.75, 3.05) is 6.61 Å². The summed E-state index contributed by atoms with van der Waals surface area (Å²) in [4.78, 5) is 11.7.